The number of carbonyl (C=O) groups is 5. The van der Waals surface area contributed by atoms with Crippen molar-refractivity contribution in [3.05, 3.63) is 0 Å². The SMILES string of the molecule is CCCC(=O)[C@H]1[C@@H](C(=O)O)C2C[C@@H]1[C@]1(CC[C@]3(CC4C[C@@H]3[C@H](C(=O)CO)[C@@H]4C(=O)CC)C1=O)C2.[Y].[Y]. The first-order chi connectivity index (χ1) is 16.2. The van der Waals surface area contributed by atoms with E-state index in [1.54, 1.807) is 6.92 Å². The number of hydrogen-bond donors (Lipinski definition) is 2. The van der Waals surface area contributed by atoms with Crippen LogP contribution in [0.25, 0.3) is 0 Å². The van der Waals surface area contributed by atoms with E-state index in [0.717, 1.165) is 0 Å². The van der Waals surface area contributed by atoms with Gasteiger partial charge in [-0.05, 0) is 68.6 Å². The Hall–Kier alpha value is 0.318. The summed E-state index contributed by atoms with van der Waals surface area (Å²) < 4.78 is 0. The average molecular weight is 650 g/mol. The van der Waals surface area contributed by atoms with Crippen molar-refractivity contribution in [2.24, 2.45) is 58.2 Å². The van der Waals surface area contributed by atoms with Gasteiger partial charge in [0.25, 0.3) is 0 Å². The third-order valence-electron chi connectivity index (χ3n) is 10.8. The third kappa shape index (κ3) is 4.11. The summed E-state index contributed by atoms with van der Waals surface area (Å²) >= 11 is 0. The molecule has 7 nitrogen and oxygen atoms in total. The van der Waals surface area contributed by atoms with Crippen molar-refractivity contribution < 1.29 is 99.6 Å². The molecule has 0 saturated heterocycles. The fraction of sp³-hybridized carbons (Fsp3) is 0.815. The van der Waals surface area contributed by atoms with Crippen LogP contribution in [0.3, 0.4) is 0 Å². The van der Waals surface area contributed by atoms with Crippen molar-refractivity contribution in [1.82, 2.24) is 0 Å². The second kappa shape index (κ2) is 11.1. The van der Waals surface area contributed by atoms with Crippen molar-refractivity contribution in [3.8, 4) is 0 Å². The Bertz CT molecular complexity index is 952. The molecule has 5 rings (SSSR count). The van der Waals surface area contributed by atoms with E-state index in [2.05, 4.69) is 0 Å². The smallest absolute Gasteiger partial charge is 0.307 e. The molecule has 192 valence electrons. The number of hydrogen-bond acceptors (Lipinski definition) is 6. The van der Waals surface area contributed by atoms with Gasteiger partial charge < -0.3 is 10.2 Å². The summed E-state index contributed by atoms with van der Waals surface area (Å²) in [5.74, 6) is -4.04. The maximum Gasteiger partial charge on any atom is 0.307 e. The molecule has 0 aromatic carbocycles. The number of aliphatic hydroxyl groups is 1. The quantitative estimate of drug-likeness (QED) is 0.414. The molecular weight excluding hydrogens is 614 g/mol. The molecule has 36 heavy (non-hydrogen) atoms. The minimum atomic E-state index is -0.925. The molecule has 2 N–H and O–H groups in total. The van der Waals surface area contributed by atoms with E-state index in [-0.39, 0.29) is 112 Å². The van der Waals surface area contributed by atoms with E-state index in [4.69, 9.17) is 0 Å². The van der Waals surface area contributed by atoms with Gasteiger partial charge in [0.1, 0.15) is 24.0 Å². The van der Waals surface area contributed by atoms with Crippen molar-refractivity contribution in [3.63, 3.8) is 0 Å². The van der Waals surface area contributed by atoms with Crippen LogP contribution in [0.4, 0.5) is 0 Å². The van der Waals surface area contributed by atoms with Gasteiger partial charge in [0, 0.05) is 107 Å². The second-order valence-corrected chi connectivity index (χ2v) is 11.9. The van der Waals surface area contributed by atoms with E-state index in [1.165, 1.54) is 0 Å². The van der Waals surface area contributed by atoms with E-state index in [0.29, 0.717) is 57.8 Å². The Labute approximate surface area is 262 Å². The van der Waals surface area contributed by atoms with Gasteiger partial charge in [-0.1, -0.05) is 13.8 Å². The summed E-state index contributed by atoms with van der Waals surface area (Å²) in [6.45, 7) is 3.09. The van der Waals surface area contributed by atoms with Gasteiger partial charge in [-0.25, -0.2) is 0 Å². The number of carboxylic acid groups (broad SMARTS) is 1. The van der Waals surface area contributed by atoms with Crippen LogP contribution in [0, 0.1) is 58.2 Å². The number of carboxylic acids is 1. The van der Waals surface area contributed by atoms with Crippen LogP contribution in [0.2, 0.25) is 0 Å². The summed E-state index contributed by atoms with van der Waals surface area (Å²) in [7, 11) is 0. The number of aliphatic hydroxyl groups excluding tert-OH is 1. The molecule has 5 aliphatic carbocycles. The Morgan fingerprint density at radius 1 is 0.806 bits per heavy atom. The maximum absolute atomic E-state index is 14.4. The molecular formula is C27H36O7Y2. The first-order valence-corrected chi connectivity index (χ1v) is 13.1. The van der Waals surface area contributed by atoms with Crippen LogP contribution in [0.15, 0.2) is 0 Å². The van der Waals surface area contributed by atoms with E-state index >= 15 is 0 Å². The molecule has 5 fully saturated rings. The molecule has 0 aliphatic heterocycles. The zero-order valence-corrected chi connectivity index (χ0v) is 27.0. The van der Waals surface area contributed by atoms with Crippen molar-refractivity contribution >= 4 is 29.1 Å². The molecule has 9 heteroatoms. The molecule has 5 aliphatic rings. The largest absolute Gasteiger partial charge is 0.481 e. The molecule has 2 spiro atoms. The Kier molecular flexibility index (Phi) is 9.48. The summed E-state index contributed by atoms with van der Waals surface area (Å²) in [6, 6.07) is 0. The molecule has 5 saturated carbocycles. The predicted molar refractivity (Wildman–Crippen MR) is 120 cm³/mol. The summed E-state index contributed by atoms with van der Waals surface area (Å²) in [4.78, 5) is 65.2. The Morgan fingerprint density at radius 2 is 1.31 bits per heavy atom. The molecule has 0 aromatic heterocycles. The molecule has 10 atom stereocenters. The molecule has 0 aromatic rings. The van der Waals surface area contributed by atoms with Crippen LogP contribution in [-0.4, -0.2) is 45.9 Å². The second-order valence-electron chi connectivity index (χ2n) is 11.9. The molecule has 4 bridgehead atoms. The number of fused-ring (bicyclic) bond motifs is 6. The first-order valence-electron chi connectivity index (χ1n) is 13.1. The van der Waals surface area contributed by atoms with Crippen molar-refractivity contribution in [1.29, 1.82) is 0 Å². The van der Waals surface area contributed by atoms with Gasteiger partial charge in [0.2, 0.25) is 0 Å². The van der Waals surface area contributed by atoms with Gasteiger partial charge in [0.05, 0.1) is 5.92 Å². The minimum absolute atomic E-state index is 0. The normalized spacial score (nSPS) is 43.6. The maximum atomic E-state index is 14.4. The number of rotatable bonds is 8. The van der Waals surface area contributed by atoms with E-state index in [9.17, 15) is 34.2 Å². The van der Waals surface area contributed by atoms with Crippen LogP contribution >= 0.6 is 0 Å². The minimum Gasteiger partial charge on any atom is -0.481 e. The predicted octanol–water partition coefficient (Wildman–Crippen LogP) is 2.86. The van der Waals surface area contributed by atoms with Gasteiger partial charge in [-0.3, -0.25) is 24.0 Å². The number of carbonyl (C=O) groups excluding carboxylic acids is 4. The van der Waals surface area contributed by atoms with E-state index < -0.39 is 47.1 Å². The summed E-state index contributed by atoms with van der Waals surface area (Å²) in [5, 5.41) is 19.6. The van der Waals surface area contributed by atoms with Gasteiger partial charge in [-0.15, -0.1) is 0 Å². The standard InChI is InChI=1S/C27H36O7.2Y/c1-3-5-18(30)22-15-9-14(21(22)24(32)33)11-27(15)7-6-26(25(27)34)10-13-8-16(26)23(19(31)12-28)20(13)17(29)4-2;;/h13-16,20-23,28H,3-12H2,1-2H3,(H,32,33);;/t13?,14?,15-,16+,20-,21-,22-,23+,26+,27-;;/m0../s1. The summed E-state index contributed by atoms with van der Waals surface area (Å²) in [5.41, 5.74) is -1.35. The van der Waals surface area contributed by atoms with Gasteiger partial charge in [0.15, 0.2) is 5.78 Å². The monoisotopic (exact) mass is 650 g/mol. The Balaban J connectivity index is 0.00000180. The van der Waals surface area contributed by atoms with Crippen LogP contribution < -0.4 is 0 Å². The average Bonchev–Trinajstić information content (AvgIpc) is 3.60. The summed E-state index contributed by atoms with van der Waals surface area (Å²) in [6.07, 6.45) is 5.04. The number of aliphatic carboxylic acids is 1. The molecule has 0 amide bonds. The van der Waals surface area contributed by atoms with Gasteiger partial charge in [-0.2, -0.15) is 0 Å². The van der Waals surface area contributed by atoms with Crippen LogP contribution in [-0.2, 0) is 89.4 Å². The van der Waals surface area contributed by atoms with Crippen molar-refractivity contribution in [2.45, 2.75) is 71.6 Å². The fourth-order valence-corrected chi connectivity index (χ4v) is 9.81. The van der Waals surface area contributed by atoms with E-state index in [1.807, 2.05) is 6.92 Å². The van der Waals surface area contributed by atoms with Crippen LogP contribution in [0.1, 0.15) is 71.6 Å². The fourth-order valence-electron chi connectivity index (χ4n) is 9.81. The van der Waals surface area contributed by atoms with Crippen molar-refractivity contribution in [2.75, 3.05) is 6.61 Å². The van der Waals surface area contributed by atoms with Gasteiger partial charge >= 0.3 is 5.97 Å². The first kappa shape index (κ1) is 30.9. The third-order valence-corrected chi connectivity index (χ3v) is 10.8. The zero-order chi connectivity index (χ0) is 24.6. The zero-order valence-electron chi connectivity index (χ0n) is 21.3. The molecule has 2 radical (unpaired) electrons. The molecule has 2 unspecified atom stereocenters. The number of Topliss-reactive ketones (excluding diaryl/α,β-unsaturated/α-hetero) is 4. The molecule has 0 heterocycles. The Morgan fingerprint density at radius 3 is 1.75 bits per heavy atom. The van der Waals surface area contributed by atoms with Crippen LogP contribution in [0.5, 0.6) is 0 Å². The topological polar surface area (TPSA) is 126 Å². The number of ketones is 4.